The number of carbonyl (C=O) groups is 2. The third-order valence-corrected chi connectivity index (χ3v) is 4.16. The smallest absolute Gasteiger partial charge is 0.449 e. The number of halogens is 3. The highest BCUT2D eigenvalue weighted by molar-refractivity contribution is 6.00. The van der Waals surface area contributed by atoms with E-state index >= 15 is 0 Å². The van der Waals surface area contributed by atoms with Gasteiger partial charge >= 0.3 is 18.0 Å². The Morgan fingerprint density at radius 3 is 2.59 bits per heavy atom. The van der Waals surface area contributed by atoms with Gasteiger partial charge in [-0.1, -0.05) is 17.3 Å². The van der Waals surface area contributed by atoms with Crippen molar-refractivity contribution in [2.45, 2.75) is 19.2 Å². The minimum absolute atomic E-state index is 0.0611. The molecule has 32 heavy (non-hydrogen) atoms. The Morgan fingerprint density at radius 1 is 1.16 bits per heavy atom. The van der Waals surface area contributed by atoms with Crippen LogP contribution in [0.1, 0.15) is 23.2 Å². The molecule has 0 aliphatic heterocycles. The second-order valence-electron chi connectivity index (χ2n) is 6.36. The number of hydrogen-bond acceptors (Lipinski definition) is 9. The molecule has 0 bridgehead atoms. The molecule has 11 nitrogen and oxygen atoms in total. The molecule has 0 radical (unpaired) electrons. The molecule has 1 unspecified atom stereocenters. The largest absolute Gasteiger partial charge is 0.471 e. The van der Waals surface area contributed by atoms with E-state index in [1.165, 1.54) is 43.8 Å². The average Bonchev–Trinajstić information content (AvgIpc) is 3.44. The van der Waals surface area contributed by atoms with E-state index in [9.17, 15) is 22.8 Å². The van der Waals surface area contributed by atoms with Gasteiger partial charge in [0.1, 0.15) is 11.8 Å². The number of amides is 1. The summed E-state index contributed by atoms with van der Waals surface area (Å²) >= 11 is 0. The lowest BCUT2D eigenvalue weighted by atomic mass is 10.1. The number of imidazole rings is 1. The Morgan fingerprint density at radius 2 is 1.91 bits per heavy atom. The number of ether oxygens (including phenoxy) is 1. The van der Waals surface area contributed by atoms with Crippen molar-refractivity contribution in [2.24, 2.45) is 0 Å². The number of benzene rings is 1. The molecule has 0 aliphatic carbocycles. The van der Waals surface area contributed by atoms with Gasteiger partial charge < -0.3 is 19.6 Å². The summed E-state index contributed by atoms with van der Waals surface area (Å²) in [7, 11) is 0. The summed E-state index contributed by atoms with van der Waals surface area (Å²) in [6.45, 7) is 1.37. The summed E-state index contributed by atoms with van der Waals surface area (Å²) in [5, 5.41) is 5.78. The molecule has 3 aromatic heterocycles. The molecule has 1 aromatic carbocycles. The number of esters is 1. The standard InChI is InChI=1S/C18H12F3N7O4/c1-8(15(29)26-14-11-13(23-6-22-11)24-7-25-14)31-16(30)10-4-2-9(3-5-10)12-27-17(32-28-12)18(19,20)21/h2-8H,1H3,(H2,22,23,24,25,26,29). The lowest BCUT2D eigenvalue weighted by molar-refractivity contribution is -0.159. The number of rotatable bonds is 5. The number of hydrogen-bond donors (Lipinski definition) is 2. The van der Waals surface area contributed by atoms with Crippen LogP contribution >= 0.6 is 0 Å². The molecule has 1 atom stereocenters. The Labute approximate surface area is 176 Å². The summed E-state index contributed by atoms with van der Waals surface area (Å²) in [6, 6.07) is 5.24. The number of anilines is 1. The Kier molecular flexibility index (Phi) is 5.26. The van der Waals surface area contributed by atoms with Gasteiger partial charge in [0.25, 0.3) is 5.91 Å². The summed E-state index contributed by atoms with van der Waals surface area (Å²) in [4.78, 5) is 42.6. The Balaban J connectivity index is 1.40. The van der Waals surface area contributed by atoms with Crippen LogP contribution < -0.4 is 5.32 Å². The quantitative estimate of drug-likeness (QED) is 0.440. The van der Waals surface area contributed by atoms with Gasteiger partial charge in [-0.2, -0.15) is 18.2 Å². The third-order valence-electron chi connectivity index (χ3n) is 4.16. The van der Waals surface area contributed by atoms with Crippen LogP contribution in [0.25, 0.3) is 22.6 Å². The zero-order chi connectivity index (χ0) is 22.9. The molecule has 2 N–H and O–H groups in total. The van der Waals surface area contributed by atoms with Gasteiger partial charge in [0.15, 0.2) is 17.6 Å². The maximum absolute atomic E-state index is 12.6. The van der Waals surface area contributed by atoms with Gasteiger partial charge in [-0.15, -0.1) is 0 Å². The van der Waals surface area contributed by atoms with Crippen LogP contribution in [-0.2, 0) is 15.7 Å². The lowest BCUT2D eigenvalue weighted by Crippen LogP contribution is -2.30. The van der Waals surface area contributed by atoms with Crippen molar-refractivity contribution in [2.75, 3.05) is 5.32 Å². The second-order valence-corrected chi connectivity index (χ2v) is 6.36. The van der Waals surface area contributed by atoms with Crippen molar-refractivity contribution < 1.29 is 32.0 Å². The van der Waals surface area contributed by atoms with Gasteiger partial charge in [-0.3, -0.25) is 4.79 Å². The molecule has 0 saturated heterocycles. The third kappa shape index (κ3) is 4.23. The number of aromatic amines is 1. The highest BCUT2D eigenvalue weighted by Gasteiger charge is 2.38. The SMILES string of the molecule is CC(OC(=O)c1ccc(-c2noc(C(F)(F)F)n2)cc1)C(=O)Nc1ncnc2nc[nH]c12. The van der Waals surface area contributed by atoms with E-state index in [-0.39, 0.29) is 22.8 Å². The molecule has 0 fully saturated rings. The van der Waals surface area contributed by atoms with E-state index in [1.54, 1.807) is 0 Å². The monoisotopic (exact) mass is 447 g/mol. The molecular formula is C18H12F3N7O4. The zero-order valence-corrected chi connectivity index (χ0v) is 16.0. The summed E-state index contributed by atoms with van der Waals surface area (Å²) in [5.74, 6) is -3.07. The number of fused-ring (bicyclic) bond motifs is 1. The van der Waals surface area contributed by atoms with Crippen LogP contribution in [0.5, 0.6) is 0 Å². The maximum Gasteiger partial charge on any atom is 0.471 e. The minimum atomic E-state index is -4.76. The number of nitrogens with zero attached hydrogens (tertiary/aromatic N) is 5. The fraction of sp³-hybridized carbons (Fsp3) is 0.167. The zero-order valence-electron chi connectivity index (χ0n) is 16.0. The van der Waals surface area contributed by atoms with Crippen LogP contribution in [0, 0.1) is 0 Å². The van der Waals surface area contributed by atoms with E-state index in [4.69, 9.17) is 4.74 Å². The molecular weight excluding hydrogens is 435 g/mol. The molecule has 0 saturated carbocycles. The van der Waals surface area contributed by atoms with E-state index in [1.807, 2.05) is 0 Å². The van der Waals surface area contributed by atoms with Crippen LogP contribution in [0.2, 0.25) is 0 Å². The van der Waals surface area contributed by atoms with Crippen molar-refractivity contribution in [3.63, 3.8) is 0 Å². The van der Waals surface area contributed by atoms with Crippen molar-refractivity contribution in [3.8, 4) is 11.4 Å². The van der Waals surface area contributed by atoms with E-state index in [0.717, 1.165) is 0 Å². The molecule has 164 valence electrons. The van der Waals surface area contributed by atoms with E-state index in [0.29, 0.717) is 11.2 Å². The van der Waals surface area contributed by atoms with Gasteiger partial charge in [0.05, 0.1) is 11.9 Å². The van der Waals surface area contributed by atoms with Crippen molar-refractivity contribution in [1.82, 2.24) is 30.1 Å². The number of H-pyrrole nitrogens is 1. The van der Waals surface area contributed by atoms with Crippen LogP contribution in [0.15, 0.2) is 41.4 Å². The molecule has 4 rings (SSSR count). The highest BCUT2D eigenvalue weighted by atomic mass is 19.4. The first-order valence-electron chi connectivity index (χ1n) is 8.89. The normalized spacial score (nSPS) is 12.5. The van der Waals surface area contributed by atoms with E-state index < -0.39 is 30.0 Å². The predicted octanol–water partition coefficient (Wildman–Crippen LogP) is 2.61. The number of carbonyl (C=O) groups excluding carboxylic acids is 2. The van der Waals surface area contributed by atoms with Crippen LogP contribution in [-0.4, -0.2) is 48.1 Å². The topological polar surface area (TPSA) is 149 Å². The number of nitrogens with one attached hydrogen (secondary N) is 2. The number of aromatic nitrogens is 6. The number of alkyl halides is 3. The maximum atomic E-state index is 12.6. The lowest BCUT2D eigenvalue weighted by Gasteiger charge is -2.13. The van der Waals surface area contributed by atoms with E-state index in [2.05, 4.69) is 39.9 Å². The molecule has 3 heterocycles. The molecule has 14 heteroatoms. The summed E-state index contributed by atoms with van der Waals surface area (Å²) in [5.41, 5.74) is 1.01. The summed E-state index contributed by atoms with van der Waals surface area (Å²) in [6.07, 6.45) is -3.33. The molecule has 4 aromatic rings. The van der Waals surface area contributed by atoms with Crippen molar-refractivity contribution >= 4 is 28.9 Å². The molecule has 0 spiro atoms. The fourth-order valence-electron chi connectivity index (χ4n) is 2.57. The van der Waals surface area contributed by atoms with Crippen LogP contribution in [0.3, 0.4) is 0 Å². The van der Waals surface area contributed by atoms with Crippen LogP contribution in [0.4, 0.5) is 19.0 Å². The average molecular weight is 447 g/mol. The van der Waals surface area contributed by atoms with Gasteiger partial charge in [-0.25, -0.2) is 19.7 Å². The molecule has 0 aliphatic rings. The first-order valence-corrected chi connectivity index (χ1v) is 8.89. The minimum Gasteiger partial charge on any atom is -0.449 e. The first kappa shape index (κ1) is 20.9. The van der Waals surface area contributed by atoms with Gasteiger partial charge in [0.2, 0.25) is 5.82 Å². The molecule has 1 amide bonds. The van der Waals surface area contributed by atoms with Crippen molar-refractivity contribution in [1.29, 1.82) is 0 Å². The fourth-order valence-corrected chi connectivity index (χ4v) is 2.57. The van der Waals surface area contributed by atoms with Crippen molar-refractivity contribution in [3.05, 3.63) is 48.4 Å². The summed E-state index contributed by atoms with van der Waals surface area (Å²) < 4.78 is 47.0. The van der Waals surface area contributed by atoms with Gasteiger partial charge in [-0.05, 0) is 19.1 Å². The first-order chi connectivity index (χ1) is 15.2. The Bertz CT molecular complexity index is 1280. The predicted molar refractivity (Wildman–Crippen MR) is 99.9 cm³/mol. The van der Waals surface area contributed by atoms with Gasteiger partial charge in [0, 0.05) is 5.56 Å². The second kappa shape index (κ2) is 8.05. The Hall–Kier alpha value is -4.36. The highest BCUT2D eigenvalue weighted by Crippen LogP contribution is 2.29.